The van der Waals surface area contributed by atoms with E-state index in [1.165, 1.54) is 11.0 Å². The van der Waals surface area contributed by atoms with Crippen molar-refractivity contribution in [2.24, 2.45) is 23.7 Å². The number of carbonyl (C=O) groups excluding carboxylic acids is 2. The van der Waals surface area contributed by atoms with Crippen LogP contribution in [0.4, 0.5) is 10.1 Å². The molecule has 2 heterocycles. The van der Waals surface area contributed by atoms with Gasteiger partial charge in [-0.3, -0.25) is 14.4 Å². The highest BCUT2D eigenvalue weighted by molar-refractivity contribution is 6.00. The predicted octanol–water partition coefficient (Wildman–Crippen LogP) is 2.06. The molecule has 1 unspecified atom stereocenters. The van der Waals surface area contributed by atoms with Crippen LogP contribution in [-0.4, -0.2) is 47.4 Å². The number of likely N-dealkylation sites (tertiary alicyclic amines) is 1. The van der Waals surface area contributed by atoms with Crippen LogP contribution in [0.5, 0.6) is 0 Å². The number of hydrogen-bond acceptors (Lipinski definition) is 3. The first-order valence-corrected chi connectivity index (χ1v) is 9.43. The summed E-state index contributed by atoms with van der Waals surface area (Å²) in [6.45, 7) is 2.60. The Morgan fingerprint density at radius 1 is 1.19 bits per heavy atom. The number of aryl methyl sites for hydroxylation is 1. The second kappa shape index (κ2) is 6.62. The Hall–Kier alpha value is -2.44. The molecule has 6 nitrogen and oxygen atoms in total. The second-order valence-electron chi connectivity index (χ2n) is 8.03. The summed E-state index contributed by atoms with van der Waals surface area (Å²) in [5, 5.41) is 9.48. The summed E-state index contributed by atoms with van der Waals surface area (Å²) < 4.78 is 13.5. The fourth-order valence-corrected chi connectivity index (χ4v) is 4.45. The van der Waals surface area contributed by atoms with Gasteiger partial charge in [0.05, 0.1) is 11.8 Å². The highest BCUT2D eigenvalue weighted by Crippen LogP contribution is 2.44. The molecule has 0 aromatic heterocycles. The molecule has 7 heteroatoms. The Morgan fingerprint density at radius 2 is 1.93 bits per heavy atom. The number of carbonyl (C=O) groups is 3. The lowest BCUT2D eigenvalue weighted by Gasteiger charge is -2.21. The summed E-state index contributed by atoms with van der Waals surface area (Å²) in [5.74, 6) is -2.02. The molecule has 1 saturated carbocycles. The molecule has 2 aliphatic heterocycles. The van der Waals surface area contributed by atoms with Gasteiger partial charge in [0.25, 0.3) is 0 Å². The maximum absolute atomic E-state index is 13.5. The fraction of sp³-hybridized carbons (Fsp3) is 0.550. The van der Waals surface area contributed by atoms with Crippen molar-refractivity contribution in [1.82, 2.24) is 4.90 Å². The van der Waals surface area contributed by atoms with E-state index in [-0.39, 0.29) is 43.1 Å². The Kier molecular flexibility index (Phi) is 4.40. The summed E-state index contributed by atoms with van der Waals surface area (Å²) in [5.41, 5.74) is 1.04. The van der Waals surface area contributed by atoms with Crippen molar-refractivity contribution in [2.75, 3.05) is 24.5 Å². The first-order chi connectivity index (χ1) is 12.8. The molecule has 1 aliphatic carbocycles. The number of nitrogens with zero attached hydrogens (tertiary/aromatic N) is 2. The van der Waals surface area contributed by atoms with Crippen LogP contribution in [0, 0.1) is 36.4 Å². The maximum Gasteiger partial charge on any atom is 0.308 e. The fourth-order valence-electron chi connectivity index (χ4n) is 4.45. The predicted molar refractivity (Wildman–Crippen MR) is 95.5 cm³/mol. The van der Waals surface area contributed by atoms with Gasteiger partial charge in [0, 0.05) is 31.7 Å². The van der Waals surface area contributed by atoms with Gasteiger partial charge in [-0.15, -0.1) is 0 Å². The van der Waals surface area contributed by atoms with E-state index in [0.29, 0.717) is 23.7 Å². The molecule has 2 amide bonds. The van der Waals surface area contributed by atoms with Crippen molar-refractivity contribution in [1.29, 1.82) is 0 Å². The molecule has 3 atom stereocenters. The van der Waals surface area contributed by atoms with Gasteiger partial charge in [0.1, 0.15) is 5.82 Å². The van der Waals surface area contributed by atoms with Crippen LogP contribution in [0.15, 0.2) is 18.2 Å². The van der Waals surface area contributed by atoms with Crippen LogP contribution in [0.1, 0.15) is 24.8 Å². The zero-order valence-electron chi connectivity index (χ0n) is 15.2. The van der Waals surface area contributed by atoms with Crippen molar-refractivity contribution >= 4 is 23.5 Å². The van der Waals surface area contributed by atoms with Gasteiger partial charge >= 0.3 is 5.97 Å². The number of carboxylic acids is 1. The number of halogens is 1. The number of rotatable bonds is 4. The van der Waals surface area contributed by atoms with Crippen LogP contribution < -0.4 is 4.90 Å². The van der Waals surface area contributed by atoms with E-state index in [9.17, 15) is 23.9 Å². The normalized spacial score (nSPS) is 28.1. The Morgan fingerprint density at radius 3 is 2.56 bits per heavy atom. The first-order valence-electron chi connectivity index (χ1n) is 9.43. The van der Waals surface area contributed by atoms with Crippen LogP contribution in [0.2, 0.25) is 0 Å². The zero-order chi connectivity index (χ0) is 19.3. The molecule has 3 aliphatic rings. The number of aliphatic carboxylic acids is 1. The number of carboxylic acid groups (broad SMARTS) is 1. The van der Waals surface area contributed by atoms with Crippen molar-refractivity contribution in [2.45, 2.75) is 26.2 Å². The molecule has 27 heavy (non-hydrogen) atoms. The van der Waals surface area contributed by atoms with Crippen molar-refractivity contribution in [3.05, 3.63) is 29.6 Å². The van der Waals surface area contributed by atoms with Gasteiger partial charge in [0.15, 0.2) is 0 Å². The van der Waals surface area contributed by atoms with Gasteiger partial charge < -0.3 is 14.9 Å². The largest absolute Gasteiger partial charge is 0.481 e. The van der Waals surface area contributed by atoms with Gasteiger partial charge in [0.2, 0.25) is 11.8 Å². The first kappa shape index (κ1) is 17.9. The highest BCUT2D eigenvalue weighted by Gasteiger charge is 2.48. The molecular formula is C20H23FN2O4. The summed E-state index contributed by atoms with van der Waals surface area (Å²) in [6, 6.07) is 4.48. The van der Waals surface area contributed by atoms with Gasteiger partial charge in [-0.1, -0.05) is 0 Å². The molecular weight excluding hydrogens is 351 g/mol. The molecule has 144 valence electrons. The molecule has 1 aromatic rings. The lowest BCUT2D eigenvalue weighted by atomic mass is 9.92. The van der Waals surface area contributed by atoms with Crippen molar-refractivity contribution < 1.29 is 23.9 Å². The summed E-state index contributed by atoms with van der Waals surface area (Å²) in [6.07, 6.45) is 2.18. The van der Waals surface area contributed by atoms with E-state index >= 15 is 0 Å². The minimum absolute atomic E-state index is 0.0272. The van der Waals surface area contributed by atoms with Gasteiger partial charge in [-0.2, -0.15) is 0 Å². The Labute approximate surface area is 156 Å². The number of anilines is 1. The van der Waals surface area contributed by atoms with Crippen LogP contribution in [-0.2, 0) is 14.4 Å². The SMILES string of the molecule is Cc1cc(N2CC(C(=O)N3C[C@H](C(=O)O)[C@@H](C4CC4)C3)CC2=O)ccc1F. The Balaban J connectivity index is 1.46. The van der Waals surface area contributed by atoms with Crippen LogP contribution in [0.25, 0.3) is 0 Å². The summed E-state index contributed by atoms with van der Waals surface area (Å²) in [7, 11) is 0. The lowest BCUT2D eigenvalue weighted by Crippen LogP contribution is -2.36. The van der Waals surface area contributed by atoms with Gasteiger partial charge in [-0.25, -0.2) is 4.39 Å². The molecule has 1 N–H and O–H groups in total. The molecule has 4 rings (SSSR count). The third-order valence-electron chi connectivity index (χ3n) is 6.15. The lowest BCUT2D eigenvalue weighted by molar-refractivity contribution is -0.143. The average molecular weight is 374 g/mol. The molecule has 0 spiro atoms. The average Bonchev–Trinajstić information content (AvgIpc) is 3.25. The van der Waals surface area contributed by atoms with Crippen LogP contribution in [0.3, 0.4) is 0 Å². The quantitative estimate of drug-likeness (QED) is 0.875. The van der Waals surface area contributed by atoms with Crippen molar-refractivity contribution in [3.8, 4) is 0 Å². The monoisotopic (exact) mass is 374 g/mol. The molecule has 1 aromatic carbocycles. The maximum atomic E-state index is 13.5. The smallest absolute Gasteiger partial charge is 0.308 e. The number of amides is 2. The summed E-state index contributed by atoms with van der Waals surface area (Å²) in [4.78, 5) is 40.1. The molecule has 3 fully saturated rings. The van der Waals surface area contributed by atoms with E-state index in [1.54, 1.807) is 24.0 Å². The summed E-state index contributed by atoms with van der Waals surface area (Å²) >= 11 is 0. The van der Waals surface area contributed by atoms with Crippen molar-refractivity contribution in [3.63, 3.8) is 0 Å². The number of benzene rings is 1. The van der Waals surface area contributed by atoms with Gasteiger partial charge in [-0.05, 0) is 55.4 Å². The molecule has 0 bridgehead atoms. The van der Waals surface area contributed by atoms with E-state index in [1.807, 2.05) is 0 Å². The number of hydrogen-bond donors (Lipinski definition) is 1. The second-order valence-corrected chi connectivity index (χ2v) is 8.03. The minimum Gasteiger partial charge on any atom is -0.481 e. The van der Waals surface area contributed by atoms with Crippen LogP contribution >= 0.6 is 0 Å². The molecule has 0 radical (unpaired) electrons. The topological polar surface area (TPSA) is 77.9 Å². The highest BCUT2D eigenvalue weighted by atomic mass is 19.1. The standard InChI is InChI=1S/C20H23FN2O4/c1-11-6-14(4-5-17(11)21)23-8-13(7-18(23)24)19(25)22-9-15(12-2-3-12)16(10-22)20(26)27/h4-6,12-13,15-16H,2-3,7-10H2,1H3,(H,26,27)/t13?,15-,16+/m1/s1. The van der Waals surface area contributed by atoms with E-state index < -0.39 is 17.8 Å². The third-order valence-corrected chi connectivity index (χ3v) is 6.15. The van der Waals surface area contributed by atoms with E-state index in [4.69, 9.17) is 0 Å². The minimum atomic E-state index is -0.840. The van der Waals surface area contributed by atoms with E-state index in [2.05, 4.69) is 0 Å². The molecule has 2 saturated heterocycles. The van der Waals surface area contributed by atoms with E-state index in [0.717, 1.165) is 12.8 Å². The third kappa shape index (κ3) is 3.31. The zero-order valence-corrected chi connectivity index (χ0v) is 15.2. The Bertz CT molecular complexity index is 807.